The summed E-state index contributed by atoms with van der Waals surface area (Å²) in [4.78, 5) is 27.1. The number of carbonyl (C=O) groups is 2. The number of halogens is 2. The van der Waals surface area contributed by atoms with Crippen molar-refractivity contribution in [1.29, 1.82) is 0 Å². The molecule has 3 aromatic rings. The number of thioether (sulfide) groups is 1. The summed E-state index contributed by atoms with van der Waals surface area (Å²) in [6.45, 7) is 3.10. The van der Waals surface area contributed by atoms with Crippen LogP contribution in [0, 0.1) is 0 Å². The van der Waals surface area contributed by atoms with Crippen LogP contribution in [0.15, 0.2) is 77.7 Å². The molecule has 0 aliphatic heterocycles. The van der Waals surface area contributed by atoms with Crippen molar-refractivity contribution in [2.24, 2.45) is 0 Å². The zero-order valence-corrected chi connectivity index (χ0v) is 23.9. The second-order valence-corrected chi connectivity index (χ2v) is 10.4. The molecular formula is C29H31Cl2NO6S. The molecule has 1 unspecified atom stereocenters. The number of benzene rings is 3. The van der Waals surface area contributed by atoms with Crippen LogP contribution in [-0.2, 0) is 16.0 Å². The van der Waals surface area contributed by atoms with E-state index < -0.39 is 18.2 Å². The molecule has 1 atom stereocenters. The zero-order valence-electron chi connectivity index (χ0n) is 21.6. The number of carbonyl (C=O) groups excluding carboxylic acids is 1. The van der Waals surface area contributed by atoms with Crippen LogP contribution >= 0.6 is 35.0 Å². The molecule has 0 heterocycles. The SMILES string of the molecule is CCOC(Cc1ccc(OCCN(CCCSc2ccccc2)C(=O)Oc2ccc(Cl)cc2Cl)cc1)C(=O)O. The third kappa shape index (κ3) is 10.6. The molecule has 0 bridgehead atoms. The Hall–Kier alpha value is -2.91. The number of aliphatic carboxylic acids is 1. The lowest BCUT2D eigenvalue weighted by Crippen LogP contribution is -2.37. The van der Waals surface area contributed by atoms with E-state index in [1.807, 2.05) is 18.2 Å². The van der Waals surface area contributed by atoms with Gasteiger partial charge >= 0.3 is 12.1 Å². The highest BCUT2D eigenvalue weighted by Gasteiger charge is 2.19. The highest BCUT2D eigenvalue weighted by atomic mass is 35.5. The van der Waals surface area contributed by atoms with E-state index in [1.165, 1.54) is 11.0 Å². The maximum absolute atomic E-state index is 13.0. The number of hydrogen-bond donors (Lipinski definition) is 1. The molecule has 0 radical (unpaired) electrons. The molecule has 3 rings (SSSR count). The Morgan fingerprint density at radius 1 is 1.00 bits per heavy atom. The van der Waals surface area contributed by atoms with E-state index in [9.17, 15) is 14.7 Å². The fraction of sp³-hybridized carbons (Fsp3) is 0.310. The molecule has 0 fully saturated rings. The minimum absolute atomic E-state index is 0.234. The molecule has 0 aliphatic carbocycles. The highest BCUT2D eigenvalue weighted by Crippen LogP contribution is 2.28. The van der Waals surface area contributed by atoms with Crippen LogP contribution in [0.2, 0.25) is 10.0 Å². The number of carboxylic acid groups (broad SMARTS) is 1. The van der Waals surface area contributed by atoms with Gasteiger partial charge in [-0.15, -0.1) is 11.8 Å². The average molecular weight is 593 g/mol. The van der Waals surface area contributed by atoms with Crippen molar-refractivity contribution in [3.8, 4) is 11.5 Å². The third-order valence-corrected chi connectivity index (χ3v) is 7.18. The molecule has 1 N–H and O–H groups in total. The van der Waals surface area contributed by atoms with Gasteiger partial charge in [-0.2, -0.15) is 0 Å². The number of hydrogen-bond acceptors (Lipinski definition) is 6. The summed E-state index contributed by atoms with van der Waals surface area (Å²) in [5.74, 6) is 0.677. The lowest BCUT2D eigenvalue weighted by molar-refractivity contribution is -0.149. The van der Waals surface area contributed by atoms with E-state index in [0.29, 0.717) is 30.5 Å². The number of ether oxygens (including phenoxy) is 3. The van der Waals surface area contributed by atoms with Crippen LogP contribution in [0.1, 0.15) is 18.9 Å². The van der Waals surface area contributed by atoms with E-state index in [0.717, 1.165) is 17.7 Å². The number of amides is 1. The largest absolute Gasteiger partial charge is 0.492 e. The Bertz CT molecular complexity index is 1200. The van der Waals surface area contributed by atoms with Gasteiger partial charge in [0.2, 0.25) is 0 Å². The predicted molar refractivity (Wildman–Crippen MR) is 155 cm³/mol. The van der Waals surface area contributed by atoms with Gasteiger partial charge < -0.3 is 24.2 Å². The van der Waals surface area contributed by atoms with Gasteiger partial charge in [-0.1, -0.05) is 53.5 Å². The Balaban J connectivity index is 1.56. The molecule has 10 heteroatoms. The minimum Gasteiger partial charge on any atom is -0.492 e. The fourth-order valence-electron chi connectivity index (χ4n) is 3.60. The second-order valence-electron chi connectivity index (χ2n) is 8.42. The van der Waals surface area contributed by atoms with Crippen LogP contribution in [0.25, 0.3) is 0 Å². The van der Waals surface area contributed by atoms with Crippen LogP contribution in [0.3, 0.4) is 0 Å². The molecule has 3 aromatic carbocycles. The molecule has 7 nitrogen and oxygen atoms in total. The molecule has 208 valence electrons. The second kappa shape index (κ2) is 16.3. The van der Waals surface area contributed by atoms with Crippen LogP contribution in [-0.4, -0.2) is 60.2 Å². The first kappa shape index (κ1) is 30.6. The van der Waals surface area contributed by atoms with Gasteiger partial charge in [0.05, 0.1) is 11.6 Å². The smallest absolute Gasteiger partial charge is 0.415 e. The zero-order chi connectivity index (χ0) is 28.0. The normalized spacial score (nSPS) is 11.6. The summed E-state index contributed by atoms with van der Waals surface area (Å²) in [5.41, 5.74) is 0.823. The van der Waals surface area contributed by atoms with Crippen molar-refractivity contribution in [1.82, 2.24) is 4.90 Å². The standard InChI is InChI=1S/C29H31Cl2NO6S/c1-2-36-27(28(33)34)19-21-9-12-23(13-10-21)37-17-16-32(15-6-18-39-24-7-4-3-5-8-24)29(35)38-26-14-11-22(30)20-25(26)31/h3-5,7-14,20,27H,2,6,15-19H2,1H3,(H,33,34). The molecule has 0 saturated heterocycles. The van der Waals surface area contributed by atoms with Crippen molar-refractivity contribution >= 4 is 47.0 Å². The van der Waals surface area contributed by atoms with Crippen molar-refractivity contribution in [3.05, 3.63) is 88.4 Å². The van der Waals surface area contributed by atoms with E-state index >= 15 is 0 Å². The van der Waals surface area contributed by atoms with Crippen molar-refractivity contribution in [2.45, 2.75) is 30.8 Å². The van der Waals surface area contributed by atoms with Crippen molar-refractivity contribution in [3.63, 3.8) is 0 Å². The number of nitrogens with zero attached hydrogens (tertiary/aromatic N) is 1. The molecule has 1 amide bonds. The van der Waals surface area contributed by atoms with Gasteiger partial charge in [0, 0.05) is 29.5 Å². The van der Waals surface area contributed by atoms with Gasteiger partial charge in [0.1, 0.15) is 12.4 Å². The predicted octanol–water partition coefficient (Wildman–Crippen LogP) is 7.09. The molecule has 0 aliphatic rings. The number of carboxylic acids is 1. The summed E-state index contributed by atoms with van der Waals surface area (Å²) in [6.07, 6.45) is -0.409. The van der Waals surface area contributed by atoms with E-state index in [-0.39, 0.29) is 23.8 Å². The Labute approximate surface area is 243 Å². The topological polar surface area (TPSA) is 85.3 Å². The Morgan fingerprint density at radius 2 is 1.74 bits per heavy atom. The van der Waals surface area contributed by atoms with Gasteiger partial charge in [-0.3, -0.25) is 0 Å². The summed E-state index contributed by atoms with van der Waals surface area (Å²) in [6, 6.07) is 21.9. The summed E-state index contributed by atoms with van der Waals surface area (Å²) in [5, 5.41) is 9.98. The van der Waals surface area contributed by atoms with Crippen molar-refractivity contribution < 1.29 is 28.9 Å². The molecule has 39 heavy (non-hydrogen) atoms. The maximum Gasteiger partial charge on any atom is 0.415 e. The minimum atomic E-state index is -0.994. The van der Waals surface area contributed by atoms with Crippen LogP contribution in [0.4, 0.5) is 4.79 Å². The van der Waals surface area contributed by atoms with Gasteiger partial charge in [-0.25, -0.2) is 9.59 Å². The molecule has 0 spiro atoms. The van der Waals surface area contributed by atoms with E-state index in [2.05, 4.69) is 12.1 Å². The average Bonchev–Trinajstić information content (AvgIpc) is 2.92. The quantitative estimate of drug-likeness (QED) is 0.149. The first-order chi connectivity index (χ1) is 18.9. The summed E-state index contributed by atoms with van der Waals surface area (Å²) >= 11 is 13.9. The van der Waals surface area contributed by atoms with Crippen LogP contribution < -0.4 is 9.47 Å². The lowest BCUT2D eigenvalue weighted by atomic mass is 10.1. The van der Waals surface area contributed by atoms with E-state index in [4.69, 9.17) is 37.4 Å². The monoisotopic (exact) mass is 591 g/mol. The first-order valence-electron chi connectivity index (χ1n) is 12.5. The Morgan fingerprint density at radius 3 is 2.41 bits per heavy atom. The summed E-state index contributed by atoms with van der Waals surface area (Å²) < 4.78 is 16.7. The molecule has 0 saturated carbocycles. The Kier molecular flexibility index (Phi) is 12.8. The van der Waals surface area contributed by atoms with Crippen LogP contribution in [0.5, 0.6) is 11.5 Å². The van der Waals surface area contributed by atoms with Gasteiger partial charge in [0.25, 0.3) is 0 Å². The van der Waals surface area contributed by atoms with E-state index in [1.54, 1.807) is 60.0 Å². The lowest BCUT2D eigenvalue weighted by Gasteiger charge is -2.22. The first-order valence-corrected chi connectivity index (χ1v) is 14.3. The summed E-state index contributed by atoms with van der Waals surface area (Å²) in [7, 11) is 0. The fourth-order valence-corrected chi connectivity index (χ4v) is 4.91. The van der Waals surface area contributed by atoms with Crippen molar-refractivity contribution in [2.75, 3.05) is 32.1 Å². The maximum atomic E-state index is 13.0. The number of rotatable bonds is 15. The third-order valence-electron chi connectivity index (χ3n) is 5.55. The van der Waals surface area contributed by atoms with Gasteiger partial charge in [-0.05, 0) is 67.1 Å². The molecule has 0 aromatic heterocycles. The molecular weight excluding hydrogens is 561 g/mol. The van der Waals surface area contributed by atoms with Gasteiger partial charge in [0.15, 0.2) is 11.9 Å². The highest BCUT2D eigenvalue weighted by molar-refractivity contribution is 7.99.